The van der Waals surface area contributed by atoms with Crippen LogP contribution in [0.2, 0.25) is 0 Å². The summed E-state index contributed by atoms with van der Waals surface area (Å²) in [4.78, 5) is -1.19. The first-order chi connectivity index (χ1) is 3.98. The predicted octanol–water partition coefficient (Wildman–Crippen LogP) is -0.134. The molecule has 0 aliphatic carbocycles. The second-order valence-electron chi connectivity index (χ2n) is 2.09. The Kier molecular flexibility index (Phi) is 2.98. The molecule has 0 saturated heterocycles. The maximum atomic E-state index is 8.74. The Hall–Kier alpha value is -0.240. The van der Waals surface area contributed by atoms with Gasteiger partial charge in [0.15, 0.2) is 0 Å². The van der Waals surface area contributed by atoms with Gasteiger partial charge in [-0.1, -0.05) is 0 Å². The Morgan fingerprint density at radius 1 is 2.00 bits per heavy atom. The summed E-state index contributed by atoms with van der Waals surface area (Å²) >= 11 is 3.78. The maximum absolute atomic E-state index is 8.74. The van der Waals surface area contributed by atoms with Gasteiger partial charge >= 0.3 is 0 Å². The normalized spacial score (nSPS) is 19.9. The van der Waals surface area contributed by atoms with Gasteiger partial charge in [-0.2, -0.15) is 5.26 Å². The summed E-state index contributed by atoms with van der Waals surface area (Å²) in [5, 5.41) is 17.0. The van der Waals surface area contributed by atoms with Crippen molar-refractivity contribution in [2.24, 2.45) is 5.73 Å². The lowest BCUT2D eigenvalue weighted by molar-refractivity contribution is 0.177. The number of rotatable bonds is 2. The fourth-order valence-electron chi connectivity index (χ4n) is 0.496. The van der Waals surface area contributed by atoms with Crippen LogP contribution in [0.15, 0.2) is 0 Å². The number of nitrogens with two attached hydrogens (primary N) is 1. The van der Waals surface area contributed by atoms with Crippen LogP contribution in [0.1, 0.15) is 13.3 Å². The molecule has 0 rings (SSSR count). The van der Waals surface area contributed by atoms with Gasteiger partial charge in [0.1, 0.15) is 4.87 Å². The van der Waals surface area contributed by atoms with Crippen LogP contribution in [0, 0.1) is 11.3 Å². The molecule has 0 aromatic carbocycles. The molecule has 0 spiro atoms. The lowest BCUT2D eigenvalue weighted by Gasteiger charge is -2.14. The zero-order chi connectivity index (χ0) is 7.49. The third-order valence-corrected chi connectivity index (χ3v) is 1.08. The van der Waals surface area contributed by atoms with Crippen LogP contribution in [-0.4, -0.2) is 16.1 Å². The molecule has 4 heteroatoms. The standard InChI is InChI=1S/C5H10N2OS/c1-4(8)2-5(7,9)3-6/h4,8-9H,2,7H2,1H3. The average Bonchev–Trinajstić information content (AvgIpc) is 1.63. The Balaban J connectivity index is 3.76. The Labute approximate surface area is 59.9 Å². The molecule has 52 valence electrons. The van der Waals surface area contributed by atoms with Crippen molar-refractivity contribution in [1.29, 1.82) is 5.26 Å². The number of nitriles is 1. The summed E-state index contributed by atoms with van der Waals surface area (Å²) in [7, 11) is 0. The maximum Gasteiger partial charge on any atom is 0.150 e. The van der Waals surface area contributed by atoms with Gasteiger partial charge < -0.3 is 10.8 Å². The summed E-state index contributed by atoms with van der Waals surface area (Å²) in [6.45, 7) is 1.56. The molecular weight excluding hydrogens is 136 g/mol. The Bertz CT molecular complexity index is 127. The van der Waals surface area contributed by atoms with E-state index in [1.165, 1.54) is 0 Å². The van der Waals surface area contributed by atoms with Crippen LogP contribution < -0.4 is 5.73 Å². The lowest BCUT2D eigenvalue weighted by Crippen LogP contribution is -2.34. The van der Waals surface area contributed by atoms with Crippen molar-refractivity contribution in [2.75, 3.05) is 0 Å². The van der Waals surface area contributed by atoms with E-state index in [0.717, 1.165) is 0 Å². The van der Waals surface area contributed by atoms with Crippen LogP contribution in [-0.2, 0) is 0 Å². The summed E-state index contributed by atoms with van der Waals surface area (Å²) in [5.41, 5.74) is 5.26. The van der Waals surface area contributed by atoms with Gasteiger partial charge in [-0.25, -0.2) is 0 Å². The van der Waals surface area contributed by atoms with Crippen LogP contribution in [0.25, 0.3) is 0 Å². The predicted molar refractivity (Wildman–Crippen MR) is 37.8 cm³/mol. The molecule has 0 aromatic heterocycles. The minimum Gasteiger partial charge on any atom is -0.393 e. The summed E-state index contributed by atoms with van der Waals surface area (Å²) < 4.78 is 0. The highest BCUT2D eigenvalue weighted by atomic mass is 32.1. The van der Waals surface area contributed by atoms with E-state index >= 15 is 0 Å². The largest absolute Gasteiger partial charge is 0.393 e. The first-order valence-corrected chi connectivity index (χ1v) is 3.03. The number of hydrogen-bond donors (Lipinski definition) is 3. The quantitative estimate of drug-likeness (QED) is 0.375. The van der Waals surface area contributed by atoms with Crippen molar-refractivity contribution in [3.05, 3.63) is 0 Å². The SMILES string of the molecule is CC(O)CC(N)(S)C#N. The zero-order valence-corrected chi connectivity index (χ0v) is 6.10. The van der Waals surface area contributed by atoms with Crippen molar-refractivity contribution in [3.63, 3.8) is 0 Å². The Morgan fingerprint density at radius 2 is 2.44 bits per heavy atom. The Morgan fingerprint density at radius 3 is 2.56 bits per heavy atom. The van der Waals surface area contributed by atoms with E-state index in [-0.39, 0.29) is 6.42 Å². The summed E-state index contributed by atoms with van der Waals surface area (Å²) in [5.74, 6) is 0. The highest BCUT2D eigenvalue weighted by Crippen LogP contribution is 2.12. The van der Waals surface area contributed by atoms with E-state index in [2.05, 4.69) is 12.6 Å². The van der Waals surface area contributed by atoms with E-state index in [1.54, 1.807) is 13.0 Å². The van der Waals surface area contributed by atoms with Crippen LogP contribution >= 0.6 is 12.6 Å². The molecule has 0 saturated carbocycles. The monoisotopic (exact) mass is 146 g/mol. The molecule has 0 fully saturated rings. The van der Waals surface area contributed by atoms with Crippen LogP contribution in [0.5, 0.6) is 0 Å². The second kappa shape index (κ2) is 3.06. The fourth-order valence-corrected chi connectivity index (χ4v) is 0.760. The smallest absolute Gasteiger partial charge is 0.150 e. The van der Waals surface area contributed by atoms with Crippen molar-refractivity contribution < 1.29 is 5.11 Å². The van der Waals surface area contributed by atoms with Crippen molar-refractivity contribution >= 4 is 12.6 Å². The molecular formula is C5H10N2OS. The van der Waals surface area contributed by atoms with E-state index in [0.29, 0.717) is 0 Å². The molecule has 3 N–H and O–H groups in total. The molecule has 9 heavy (non-hydrogen) atoms. The first-order valence-electron chi connectivity index (χ1n) is 2.58. The molecule has 0 bridgehead atoms. The van der Waals surface area contributed by atoms with E-state index in [9.17, 15) is 0 Å². The number of thiol groups is 1. The van der Waals surface area contributed by atoms with Crippen molar-refractivity contribution in [3.8, 4) is 6.07 Å². The third kappa shape index (κ3) is 4.28. The van der Waals surface area contributed by atoms with Crippen LogP contribution in [0.3, 0.4) is 0 Å². The third-order valence-electron chi connectivity index (χ3n) is 0.800. The highest BCUT2D eigenvalue weighted by molar-refractivity contribution is 7.82. The topological polar surface area (TPSA) is 70.0 Å². The van der Waals surface area contributed by atoms with Crippen molar-refractivity contribution in [1.82, 2.24) is 0 Å². The van der Waals surface area contributed by atoms with Gasteiger partial charge in [-0.05, 0) is 6.92 Å². The molecule has 0 heterocycles. The lowest BCUT2D eigenvalue weighted by atomic mass is 10.1. The molecule has 0 amide bonds. The number of aliphatic hydroxyl groups is 1. The first kappa shape index (κ1) is 8.76. The number of hydrogen-bond acceptors (Lipinski definition) is 4. The van der Waals surface area contributed by atoms with Gasteiger partial charge in [0.2, 0.25) is 0 Å². The second-order valence-corrected chi connectivity index (χ2v) is 2.89. The van der Waals surface area contributed by atoms with Gasteiger partial charge in [-0.3, -0.25) is 0 Å². The molecule has 2 unspecified atom stereocenters. The van der Waals surface area contributed by atoms with Gasteiger partial charge in [-0.15, -0.1) is 12.6 Å². The zero-order valence-electron chi connectivity index (χ0n) is 5.20. The minimum absolute atomic E-state index is 0.187. The number of aliphatic hydroxyl groups excluding tert-OH is 1. The van der Waals surface area contributed by atoms with E-state index in [1.807, 2.05) is 0 Å². The highest BCUT2D eigenvalue weighted by Gasteiger charge is 2.20. The summed E-state index contributed by atoms with van der Waals surface area (Å²) in [6.07, 6.45) is -0.390. The number of nitrogens with zero attached hydrogens (tertiary/aromatic N) is 1. The fraction of sp³-hybridized carbons (Fsp3) is 0.800. The van der Waals surface area contributed by atoms with Gasteiger partial charge in [0.25, 0.3) is 0 Å². The molecule has 0 radical (unpaired) electrons. The van der Waals surface area contributed by atoms with E-state index < -0.39 is 11.0 Å². The van der Waals surface area contributed by atoms with Gasteiger partial charge in [0.05, 0.1) is 12.2 Å². The molecule has 2 atom stereocenters. The van der Waals surface area contributed by atoms with E-state index in [4.69, 9.17) is 16.1 Å². The molecule has 0 aliphatic rings. The molecule has 0 aromatic rings. The van der Waals surface area contributed by atoms with Crippen LogP contribution in [0.4, 0.5) is 0 Å². The molecule has 0 aliphatic heterocycles. The van der Waals surface area contributed by atoms with Gasteiger partial charge in [0, 0.05) is 6.42 Å². The summed E-state index contributed by atoms with van der Waals surface area (Å²) in [6, 6.07) is 1.75. The van der Waals surface area contributed by atoms with Crippen molar-refractivity contribution in [2.45, 2.75) is 24.3 Å². The molecule has 3 nitrogen and oxygen atoms in total. The average molecular weight is 146 g/mol. The minimum atomic E-state index is -1.19.